The maximum absolute atomic E-state index is 12.5. The minimum absolute atomic E-state index is 0.0556. The molecule has 1 amide bonds. The molecule has 1 aromatic carbocycles. The van der Waals surface area contributed by atoms with Gasteiger partial charge in [-0.25, -0.2) is 0 Å². The molecule has 3 nitrogen and oxygen atoms in total. The van der Waals surface area contributed by atoms with E-state index in [0.29, 0.717) is 12.2 Å². The Kier molecular flexibility index (Phi) is 16.1. The molecule has 1 aromatic rings. The number of aryl methyl sites for hydroxylation is 1. The minimum Gasteiger partial charge on any atom is -0.507 e. The number of benzene rings is 1. The average Bonchev–Trinajstić information content (AvgIpc) is 2.80. The molecule has 0 fully saturated rings. The minimum atomic E-state index is -0.117. The number of unbranched alkanes of at least 4 members (excludes halogenated alkanes) is 15. The van der Waals surface area contributed by atoms with Crippen LogP contribution >= 0.6 is 0 Å². The topological polar surface area (TPSA) is 49.3 Å². The molecule has 2 N–H and O–H groups in total. The Morgan fingerprint density at radius 2 is 1.20 bits per heavy atom. The van der Waals surface area contributed by atoms with Crippen LogP contribution in [0.1, 0.15) is 153 Å². The average molecular weight is 488 g/mol. The summed E-state index contributed by atoms with van der Waals surface area (Å²) in [7, 11) is 0. The van der Waals surface area contributed by atoms with Gasteiger partial charge in [-0.05, 0) is 47.9 Å². The van der Waals surface area contributed by atoms with E-state index in [1.54, 1.807) is 0 Å². The molecule has 35 heavy (non-hydrogen) atoms. The zero-order valence-corrected chi connectivity index (χ0v) is 24.2. The first-order valence-electron chi connectivity index (χ1n) is 14.8. The van der Waals surface area contributed by atoms with Gasteiger partial charge >= 0.3 is 0 Å². The highest BCUT2D eigenvalue weighted by Gasteiger charge is 2.22. The van der Waals surface area contributed by atoms with Crippen molar-refractivity contribution in [1.82, 2.24) is 5.32 Å². The van der Waals surface area contributed by atoms with Crippen molar-refractivity contribution in [3.05, 3.63) is 28.3 Å². The van der Waals surface area contributed by atoms with Crippen molar-refractivity contribution in [1.29, 1.82) is 0 Å². The van der Waals surface area contributed by atoms with Gasteiger partial charge in [-0.2, -0.15) is 0 Å². The van der Waals surface area contributed by atoms with Crippen LogP contribution < -0.4 is 5.32 Å². The Labute approximate surface area is 217 Å². The van der Waals surface area contributed by atoms with Crippen LogP contribution in [0.3, 0.4) is 0 Å². The Bertz CT molecular complexity index is 717. The van der Waals surface area contributed by atoms with Crippen LogP contribution in [0.2, 0.25) is 0 Å². The lowest BCUT2D eigenvalue weighted by atomic mass is 9.82. The molecule has 0 aliphatic rings. The van der Waals surface area contributed by atoms with Gasteiger partial charge in [0.2, 0.25) is 5.91 Å². The molecule has 0 unspecified atom stereocenters. The number of carbonyl (C=O) groups excluding carboxylic acids is 1. The van der Waals surface area contributed by atoms with Gasteiger partial charge in [-0.3, -0.25) is 4.79 Å². The molecule has 0 heterocycles. The molecular formula is C32H57NO2. The summed E-state index contributed by atoms with van der Waals surface area (Å²) in [6.45, 7) is 13.3. The molecule has 0 bridgehead atoms. The van der Waals surface area contributed by atoms with Gasteiger partial charge in [0, 0.05) is 6.54 Å². The largest absolute Gasteiger partial charge is 0.507 e. The first-order chi connectivity index (χ1) is 16.7. The van der Waals surface area contributed by atoms with E-state index >= 15 is 0 Å². The smallest absolute Gasteiger partial charge is 0.224 e. The fourth-order valence-corrected chi connectivity index (χ4v) is 4.98. The normalized spacial score (nSPS) is 11.7. The molecule has 0 aliphatic carbocycles. The summed E-state index contributed by atoms with van der Waals surface area (Å²) in [5.41, 5.74) is 3.72. The van der Waals surface area contributed by atoms with Crippen LogP contribution in [0.4, 0.5) is 0 Å². The number of phenols is 1. The fraction of sp³-hybridized carbons (Fsp3) is 0.781. The number of carbonyl (C=O) groups is 1. The number of hydrogen-bond acceptors (Lipinski definition) is 2. The summed E-state index contributed by atoms with van der Waals surface area (Å²) in [6.07, 6.45) is 22.1. The highest BCUT2D eigenvalue weighted by molar-refractivity contribution is 5.79. The van der Waals surface area contributed by atoms with Crippen molar-refractivity contribution >= 4 is 5.91 Å². The second-order valence-electron chi connectivity index (χ2n) is 11.8. The number of nitrogens with one attached hydrogen (secondary N) is 1. The lowest BCUT2D eigenvalue weighted by molar-refractivity contribution is -0.120. The SMILES string of the molecule is CCCCCCCCCCCCCCCCCCNC(=O)Cc1c(C)cc(C(C)(C)C)c(O)c1C. The monoisotopic (exact) mass is 487 g/mol. The summed E-state index contributed by atoms with van der Waals surface area (Å²) < 4.78 is 0. The summed E-state index contributed by atoms with van der Waals surface area (Å²) in [6, 6.07) is 2.04. The van der Waals surface area contributed by atoms with Gasteiger partial charge < -0.3 is 10.4 Å². The lowest BCUT2D eigenvalue weighted by Crippen LogP contribution is -2.27. The molecule has 0 aromatic heterocycles. The molecule has 3 heteroatoms. The van der Waals surface area contributed by atoms with Gasteiger partial charge in [0.05, 0.1) is 6.42 Å². The standard InChI is InChI=1S/C32H57NO2/c1-7-8-9-10-11-12-13-14-15-16-17-18-19-20-21-22-23-33-30(34)25-28-26(2)24-29(32(4,5)6)31(35)27(28)3/h24,35H,7-23,25H2,1-6H3,(H,33,34). The zero-order valence-electron chi connectivity index (χ0n) is 24.2. The predicted molar refractivity (Wildman–Crippen MR) is 153 cm³/mol. The summed E-state index contributed by atoms with van der Waals surface area (Å²) >= 11 is 0. The van der Waals surface area contributed by atoms with E-state index in [9.17, 15) is 9.90 Å². The second kappa shape index (κ2) is 17.8. The summed E-state index contributed by atoms with van der Waals surface area (Å²) in [4.78, 5) is 12.5. The fourth-order valence-electron chi connectivity index (χ4n) is 4.98. The van der Waals surface area contributed by atoms with Gasteiger partial charge in [-0.1, -0.05) is 130 Å². The zero-order chi connectivity index (χ0) is 26.1. The molecular weight excluding hydrogens is 430 g/mol. The molecule has 0 atom stereocenters. The number of amides is 1. The van der Waals surface area contributed by atoms with E-state index < -0.39 is 0 Å². The maximum atomic E-state index is 12.5. The first kappa shape index (κ1) is 31.5. The van der Waals surface area contributed by atoms with E-state index in [1.807, 2.05) is 19.9 Å². The molecule has 0 aliphatic heterocycles. The highest BCUT2D eigenvalue weighted by atomic mass is 16.3. The van der Waals surface area contributed by atoms with Gasteiger partial charge in [0.25, 0.3) is 0 Å². The molecule has 1 rings (SSSR count). The number of rotatable bonds is 19. The van der Waals surface area contributed by atoms with Crippen molar-refractivity contribution in [2.24, 2.45) is 0 Å². The summed E-state index contributed by atoms with van der Waals surface area (Å²) in [5.74, 6) is 0.392. The maximum Gasteiger partial charge on any atom is 0.224 e. The quantitative estimate of drug-likeness (QED) is 0.191. The number of phenolic OH excluding ortho intramolecular Hbond substituents is 1. The lowest BCUT2D eigenvalue weighted by Gasteiger charge is -2.24. The number of hydrogen-bond donors (Lipinski definition) is 2. The second-order valence-corrected chi connectivity index (χ2v) is 11.8. The Balaban J connectivity index is 2.06. The number of aromatic hydroxyl groups is 1. The Morgan fingerprint density at radius 1 is 0.771 bits per heavy atom. The third-order valence-corrected chi connectivity index (χ3v) is 7.40. The third-order valence-electron chi connectivity index (χ3n) is 7.40. The van der Waals surface area contributed by atoms with E-state index in [-0.39, 0.29) is 11.3 Å². The molecule has 0 spiro atoms. The Morgan fingerprint density at radius 3 is 1.63 bits per heavy atom. The van der Waals surface area contributed by atoms with Crippen molar-refractivity contribution in [3.8, 4) is 5.75 Å². The van der Waals surface area contributed by atoms with Crippen LogP contribution in [0, 0.1) is 13.8 Å². The summed E-state index contributed by atoms with van der Waals surface area (Å²) in [5, 5.41) is 13.7. The molecule has 202 valence electrons. The first-order valence-corrected chi connectivity index (χ1v) is 14.8. The third kappa shape index (κ3) is 13.4. The van der Waals surface area contributed by atoms with Crippen LogP contribution in [-0.4, -0.2) is 17.6 Å². The van der Waals surface area contributed by atoms with Crippen LogP contribution in [-0.2, 0) is 16.6 Å². The van der Waals surface area contributed by atoms with Crippen molar-refractivity contribution in [3.63, 3.8) is 0 Å². The van der Waals surface area contributed by atoms with Crippen LogP contribution in [0.25, 0.3) is 0 Å². The van der Waals surface area contributed by atoms with E-state index in [1.165, 1.54) is 96.3 Å². The highest BCUT2D eigenvalue weighted by Crippen LogP contribution is 2.36. The predicted octanol–water partition coefficient (Wildman–Crippen LogP) is 9.23. The van der Waals surface area contributed by atoms with Gasteiger partial charge in [0.15, 0.2) is 0 Å². The van der Waals surface area contributed by atoms with E-state index in [2.05, 4.69) is 33.0 Å². The van der Waals surface area contributed by atoms with Gasteiger partial charge in [0.1, 0.15) is 5.75 Å². The van der Waals surface area contributed by atoms with E-state index in [0.717, 1.165) is 35.2 Å². The Hall–Kier alpha value is -1.51. The van der Waals surface area contributed by atoms with Crippen LogP contribution in [0.5, 0.6) is 5.75 Å². The molecule has 0 saturated carbocycles. The molecule has 0 saturated heterocycles. The van der Waals surface area contributed by atoms with Gasteiger partial charge in [-0.15, -0.1) is 0 Å². The van der Waals surface area contributed by atoms with Crippen molar-refractivity contribution < 1.29 is 9.90 Å². The van der Waals surface area contributed by atoms with Crippen LogP contribution in [0.15, 0.2) is 6.07 Å². The van der Waals surface area contributed by atoms with Crippen molar-refractivity contribution in [2.75, 3.05) is 6.54 Å². The van der Waals surface area contributed by atoms with Crippen molar-refractivity contribution in [2.45, 2.75) is 156 Å². The van der Waals surface area contributed by atoms with E-state index in [4.69, 9.17) is 0 Å². The molecule has 0 radical (unpaired) electrons.